The number of carbonyl (C=O) groups excluding carboxylic acids is 1. The Balaban J connectivity index is 2.32. The van der Waals surface area contributed by atoms with Gasteiger partial charge in [-0.2, -0.15) is 0 Å². The van der Waals surface area contributed by atoms with Crippen LogP contribution in [0.15, 0.2) is 18.2 Å². The molecule has 0 N–H and O–H groups in total. The monoisotopic (exact) mass is 338 g/mol. The third-order valence-electron chi connectivity index (χ3n) is 4.11. The lowest BCUT2D eigenvalue weighted by Gasteiger charge is -2.23. The molecule has 0 aromatic heterocycles. The lowest BCUT2D eigenvalue weighted by atomic mass is 10.1. The molecule has 1 unspecified atom stereocenters. The number of carbonyl (C=O) groups is 1. The average molecular weight is 338 g/mol. The second kappa shape index (κ2) is 6.91. The van der Waals surface area contributed by atoms with E-state index in [0.717, 1.165) is 31.5 Å². The van der Waals surface area contributed by atoms with E-state index >= 15 is 0 Å². The highest BCUT2D eigenvalue weighted by atomic mass is 32.2. The van der Waals surface area contributed by atoms with Gasteiger partial charge in [-0.1, -0.05) is 13.8 Å². The minimum atomic E-state index is -3.29. The first-order valence-electron chi connectivity index (χ1n) is 8.21. The van der Waals surface area contributed by atoms with Crippen LogP contribution in [0.5, 0.6) is 0 Å². The van der Waals surface area contributed by atoms with Crippen molar-refractivity contribution in [3.8, 4) is 0 Å². The first kappa shape index (κ1) is 17.8. The molecule has 1 heterocycles. The highest BCUT2D eigenvalue weighted by Gasteiger charge is 2.33. The number of benzene rings is 1. The first-order valence-corrected chi connectivity index (χ1v) is 10.1. The fraction of sp³-hybridized carbons (Fsp3) is 0.588. The van der Waals surface area contributed by atoms with E-state index < -0.39 is 10.0 Å². The molecule has 1 atom stereocenters. The second-order valence-corrected chi connectivity index (χ2v) is 8.11. The van der Waals surface area contributed by atoms with Gasteiger partial charge in [0.25, 0.3) is 5.91 Å². The molecule has 23 heavy (non-hydrogen) atoms. The number of fused-ring (bicyclic) bond motifs is 1. The van der Waals surface area contributed by atoms with Crippen LogP contribution in [0.4, 0.5) is 5.69 Å². The van der Waals surface area contributed by atoms with E-state index in [1.807, 2.05) is 17.9 Å². The Morgan fingerprint density at radius 3 is 2.39 bits per heavy atom. The number of sulfonamides is 1. The van der Waals surface area contributed by atoms with Crippen molar-refractivity contribution in [2.45, 2.75) is 46.1 Å². The Morgan fingerprint density at radius 1 is 1.26 bits per heavy atom. The maximum atomic E-state index is 12.7. The van der Waals surface area contributed by atoms with Crippen LogP contribution in [0.1, 0.15) is 49.5 Å². The predicted octanol–water partition coefficient (Wildman–Crippen LogP) is 2.66. The van der Waals surface area contributed by atoms with Gasteiger partial charge in [0.1, 0.15) is 0 Å². The van der Waals surface area contributed by atoms with Gasteiger partial charge in [-0.05, 0) is 49.9 Å². The van der Waals surface area contributed by atoms with Gasteiger partial charge >= 0.3 is 0 Å². The molecule has 0 radical (unpaired) electrons. The molecule has 0 bridgehead atoms. The topological polar surface area (TPSA) is 57.7 Å². The number of rotatable bonds is 6. The molecular weight excluding hydrogens is 312 g/mol. The number of nitrogens with zero attached hydrogens (tertiary/aromatic N) is 2. The van der Waals surface area contributed by atoms with Crippen molar-refractivity contribution >= 4 is 21.6 Å². The molecule has 2 rings (SSSR count). The molecule has 1 aliphatic heterocycles. The minimum Gasteiger partial charge on any atom is -0.339 e. The van der Waals surface area contributed by atoms with Gasteiger partial charge in [0, 0.05) is 24.7 Å². The largest absolute Gasteiger partial charge is 0.339 e. The van der Waals surface area contributed by atoms with Gasteiger partial charge in [-0.3, -0.25) is 9.10 Å². The fourth-order valence-corrected chi connectivity index (χ4v) is 4.54. The lowest BCUT2D eigenvalue weighted by Crippen LogP contribution is -2.34. The van der Waals surface area contributed by atoms with Crippen molar-refractivity contribution in [1.82, 2.24) is 4.90 Å². The van der Waals surface area contributed by atoms with Crippen molar-refractivity contribution in [1.29, 1.82) is 0 Å². The maximum Gasteiger partial charge on any atom is 0.253 e. The van der Waals surface area contributed by atoms with Crippen molar-refractivity contribution in [3.05, 3.63) is 29.3 Å². The van der Waals surface area contributed by atoms with Crippen molar-refractivity contribution < 1.29 is 13.2 Å². The number of hydrogen-bond acceptors (Lipinski definition) is 3. The Labute approximate surface area is 139 Å². The number of hydrogen-bond donors (Lipinski definition) is 0. The molecule has 0 aliphatic carbocycles. The molecular formula is C17H26N2O3S. The first-order chi connectivity index (χ1) is 10.8. The molecule has 0 spiro atoms. The van der Waals surface area contributed by atoms with Gasteiger partial charge < -0.3 is 4.90 Å². The summed E-state index contributed by atoms with van der Waals surface area (Å²) in [5.74, 6) is 0.0296. The normalized spacial score (nSPS) is 17.2. The predicted molar refractivity (Wildman–Crippen MR) is 93.4 cm³/mol. The molecule has 5 nitrogen and oxygen atoms in total. The SMILES string of the molecule is CCCN(CCC)C(=O)c1ccc2c(c1)CC(C)N2S(C)(=O)=O. The minimum absolute atomic E-state index is 0.0296. The molecule has 1 amide bonds. The van der Waals surface area contributed by atoms with E-state index in [9.17, 15) is 13.2 Å². The third kappa shape index (κ3) is 3.68. The molecule has 1 aromatic carbocycles. The lowest BCUT2D eigenvalue weighted by molar-refractivity contribution is 0.0755. The molecule has 6 heteroatoms. The molecule has 1 aromatic rings. The van der Waals surface area contributed by atoms with E-state index in [2.05, 4.69) is 13.8 Å². The van der Waals surface area contributed by atoms with Crippen LogP contribution in [0, 0.1) is 0 Å². The van der Waals surface area contributed by atoms with Crippen LogP contribution >= 0.6 is 0 Å². The van der Waals surface area contributed by atoms with E-state index in [-0.39, 0.29) is 11.9 Å². The van der Waals surface area contributed by atoms with Gasteiger partial charge in [0.2, 0.25) is 10.0 Å². The standard InChI is InChI=1S/C17H26N2O3S/c1-5-9-18(10-6-2)17(20)14-7-8-16-15(12-14)11-13(3)19(16)23(4,21)22/h7-8,12-13H,5-6,9-11H2,1-4H3. The zero-order chi connectivity index (χ0) is 17.2. The smallest absolute Gasteiger partial charge is 0.253 e. The van der Waals surface area contributed by atoms with E-state index in [4.69, 9.17) is 0 Å². The molecule has 0 saturated heterocycles. The van der Waals surface area contributed by atoms with Gasteiger partial charge in [0.05, 0.1) is 11.9 Å². The van der Waals surface area contributed by atoms with E-state index in [0.29, 0.717) is 17.7 Å². The second-order valence-electron chi connectivity index (χ2n) is 6.25. The highest BCUT2D eigenvalue weighted by Crippen LogP contribution is 2.34. The summed E-state index contributed by atoms with van der Waals surface area (Å²) in [5, 5.41) is 0. The molecule has 0 saturated carbocycles. The maximum absolute atomic E-state index is 12.7. The van der Waals surface area contributed by atoms with Crippen LogP contribution in [0.2, 0.25) is 0 Å². The summed E-state index contributed by atoms with van der Waals surface area (Å²) < 4.78 is 25.4. The van der Waals surface area contributed by atoms with Crippen LogP contribution in [0.25, 0.3) is 0 Å². The summed E-state index contributed by atoms with van der Waals surface area (Å²) in [6.07, 6.45) is 3.72. The van der Waals surface area contributed by atoms with Crippen LogP contribution < -0.4 is 4.31 Å². The third-order valence-corrected chi connectivity index (χ3v) is 5.38. The van der Waals surface area contributed by atoms with Crippen LogP contribution in [-0.4, -0.2) is 44.6 Å². The Morgan fingerprint density at radius 2 is 1.87 bits per heavy atom. The molecule has 128 valence electrons. The van der Waals surface area contributed by atoms with E-state index in [1.165, 1.54) is 10.6 Å². The summed E-state index contributed by atoms with van der Waals surface area (Å²) in [6.45, 7) is 7.50. The van der Waals surface area contributed by atoms with Crippen LogP contribution in [-0.2, 0) is 16.4 Å². The van der Waals surface area contributed by atoms with Gasteiger partial charge in [0.15, 0.2) is 0 Å². The fourth-order valence-electron chi connectivity index (χ4n) is 3.28. The number of amides is 1. The summed E-state index contributed by atoms with van der Waals surface area (Å²) in [6, 6.07) is 5.27. The highest BCUT2D eigenvalue weighted by molar-refractivity contribution is 7.92. The van der Waals surface area contributed by atoms with Crippen molar-refractivity contribution in [3.63, 3.8) is 0 Å². The summed E-state index contributed by atoms with van der Waals surface area (Å²) >= 11 is 0. The molecule has 1 aliphatic rings. The number of anilines is 1. The Kier molecular flexibility index (Phi) is 5.34. The van der Waals surface area contributed by atoms with Gasteiger partial charge in [-0.25, -0.2) is 8.42 Å². The Bertz CT molecular complexity index is 679. The molecule has 0 fully saturated rings. The van der Waals surface area contributed by atoms with E-state index in [1.54, 1.807) is 12.1 Å². The average Bonchev–Trinajstić information content (AvgIpc) is 2.81. The zero-order valence-corrected chi connectivity index (χ0v) is 15.2. The van der Waals surface area contributed by atoms with Crippen molar-refractivity contribution in [2.24, 2.45) is 0 Å². The Hall–Kier alpha value is -1.56. The summed E-state index contributed by atoms with van der Waals surface area (Å²) in [7, 11) is -3.29. The van der Waals surface area contributed by atoms with Crippen LogP contribution in [0.3, 0.4) is 0 Å². The summed E-state index contributed by atoms with van der Waals surface area (Å²) in [4.78, 5) is 14.5. The quantitative estimate of drug-likeness (QED) is 0.801. The zero-order valence-electron chi connectivity index (χ0n) is 14.4. The summed E-state index contributed by atoms with van der Waals surface area (Å²) in [5.41, 5.74) is 2.28. The van der Waals surface area contributed by atoms with Gasteiger partial charge in [-0.15, -0.1) is 0 Å². The van der Waals surface area contributed by atoms with Crippen molar-refractivity contribution in [2.75, 3.05) is 23.7 Å².